The molecule has 0 aliphatic heterocycles. The number of amides is 2. The summed E-state index contributed by atoms with van der Waals surface area (Å²) in [4.78, 5) is 23.5. The van der Waals surface area contributed by atoms with E-state index in [1.165, 1.54) is 32.2 Å². The zero-order chi connectivity index (χ0) is 15.8. The molecule has 118 valence electrons. The molecule has 1 rings (SSSR count). The van der Waals surface area contributed by atoms with Gasteiger partial charge in [0.05, 0.1) is 20.2 Å². The van der Waals surface area contributed by atoms with E-state index >= 15 is 0 Å². The number of ether oxygens (including phenoxy) is 3. The van der Waals surface area contributed by atoms with Crippen LogP contribution >= 0.6 is 0 Å². The fourth-order valence-electron chi connectivity index (χ4n) is 1.55. The minimum absolute atomic E-state index is 0.170. The zero-order valence-electron chi connectivity index (χ0n) is 12.5. The third kappa shape index (κ3) is 5.04. The first-order valence-electron chi connectivity index (χ1n) is 6.20. The summed E-state index contributed by atoms with van der Waals surface area (Å²) in [5.74, 6) is -0.593. The molecule has 0 spiro atoms. The normalized spacial score (nSPS) is 10.5. The summed E-state index contributed by atoms with van der Waals surface area (Å²) in [7, 11) is 6.02. The minimum atomic E-state index is -0.525. The molecule has 1 aromatic heterocycles. The third-order valence-corrected chi connectivity index (χ3v) is 2.63. The highest BCUT2D eigenvalue weighted by Crippen LogP contribution is 2.13. The number of nitrogens with zero attached hydrogens (tertiary/aromatic N) is 2. The van der Waals surface area contributed by atoms with Gasteiger partial charge in [0.2, 0.25) is 11.8 Å². The van der Waals surface area contributed by atoms with Gasteiger partial charge < -0.3 is 24.8 Å². The van der Waals surface area contributed by atoms with E-state index in [2.05, 4.69) is 15.7 Å². The van der Waals surface area contributed by atoms with Crippen LogP contribution in [-0.4, -0.2) is 62.3 Å². The molecule has 0 fully saturated rings. The molecule has 0 unspecified atom stereocenters. The molecule has 2 amide bonds. The Morgan fingerprint density at radius 2 is 1.95 bits per heavy atom. The van der Waals surface area contributed by atoms with Crippen molar-refractivity contribution in [1.82, 2.24) is 20.4 Å². The molecule has 0 saturated heterocycles. The lowest BCUT2D eigenvalue weighted by Gasteiger charge is -2.14. The fraction of sp³-hybridized carbons (Fsp3) is 0.583. The lowest BCUT2D eigenvalue weighted by Crippen LogP contribution is -2.40. The standard InChI is InChI=1S/C12H20N4O5/c1-16-7-8(12(15-16)21-4)11(18)14-5-9(17)13-6-10(19-2)20-3/h7,10H,5-6H2,1-4H3,(H,13,17)(H,14,18). The van der Waals surface area contributed by atoms with Crippen molar-refractivity contribution in [2.75, 3.05) is 34.4 Å². The molecular weight excluding hydrogens is 280 g/mol. The van der Waals surface area contributed by atoms with Gasteiger partial charge in [0.15, 0.2) is 6.29 Å². The Kier molecular flexibility index (Phi) is 6.63. The van der Waals surface area contributed by atoms with Crippen LogP contribution in [-0.2, 0) is 21.3 Å². The van der Waals surface area contributed by atoms with E-state index in [-0.39, 0.29) is 30.4 Å². The van der Waals surface area contributed by atoms with Crippen molar-refractivity contribution in [1.29, 1.82) is 0 Å². The molecule has 1 heterocycles. The van der Waals surface area contributed by atoms with Gasteiger partial charge in [0.1, 0.15) is 5.56 Å². The molecule has 21 heavy (non-hydrogen) atoms. The second kappa shape index (κ2) is 8.22. The number of hydrogen-bond donors (Lipinski definition) is 2. The average Bonchev–Trinajstić information content (AvgIpc) is 2.87. The average molecular weight is 300 g/mol. The number of rotatable bonds is 8. The molecule has 0 saturated carbocycles. The van der Waals surface area contributed by atoms with Crippen molar-refractivity contribution in [2.24, 2.45) is 7.05 Å². The molecule has 9 heteroatoms. The van der Waals surface area contributed by atoms with Crippen LogP contribution in [0.2, 0.25) is 0 Å². The Balaban J connectivity index is 2.43. The Morgan fingerprint density at radius 1 is 1.29 bits per heavy atom. The molecule has 0 bridgehead atoms. The van der Waals surface area contributed by atoms with E-state index in [9.17, 15) is 9.59 Å². The van der Waals surface area contributed by atoms with Crippen molar-refractivity contribution in [3.8, 4) is 5.88 Å². The minimum Gasteiger partial charge on any atom is -0.479 e. The Bertz CT molecular complexity index is 484. The second-order valence-corrected chi connectivity index (χ2v) is 4.11. The Labute approximate surface area is 122 Å². The first kappa shape index (κ1) is 16.9. The molecule has 0 radical (unpaired) electrons. The topological polar surface area (TPSA) is 104 Å². The van der Waals surface area contributed by atoms with Crippen molar-refractivity contribution in [3.63, 3.8) is 0 Å². The van der Waals surface area contributed by atoms with Crippen LogP contribution in [0.5, 0.6) is 5.88 Å². The maximum Gasteiger partial charge on any atom is 0.258 e. The van der Waals surface area contributed by atoms with Crippen LogP contribution in [0.4, 0.5) is 0 Å². The van der Waals surface area contributed by atoms with Gasteiger partial charge in [0, 0.05) is 27.5 Å². The highest BCUT2D eigenvalue weighted by atomic mass is 16.7. The van der Waals surface area contributed by atoms with Crippen LogP contribution in [0.25, 0.3) is 0 Å². The molecule has 1 aromatic rings. The monoisotopic (exact) mass is 300 g/mol. The van der Waals surface area contributed by atoms with Gasteiger partial charge in [0.25, 0.3) is 5.91 Å². The van der Waals surface area contributed by atoms with E-state index in [1.54, 1.807) is 7.05 Å². The number of aromatic nitrogens is 2. The number of methoxy groups -OCH3 is 3. The summed E-state index contributed by atoms with van der Waals surface area (Å²) in [6, 6.07) is 0. The van der Waals surface area contributed by atoms with Gasteiger partial charge >= 0.3 is 0 Å². The van der Waals surface area contributed by atoms with Gasteiger partial charge in [-0.1, -0.05) is 0 Å². The second-order valence-electron chi connectivity index (χ2n) is 4.11. The van der Waals surface area contributed by atoms with Gasteiger partial charge in [-0.15, -0.1) is 5.10 Å². The number of hydrogen-bond acceptors (Lipinski definition) is 6. The van der Waals surface area contributed by atoms with Crippen molar-refractivity contribution >= 4 is 11.8 Å². The summed E-state index contributed by atoms with van der Waals surface area (Å²) < 4.78 is 16.3. The Hall–Kier alpha value is -2.13. The summed E-state index contributed by atoms with van der Waals surface area (Å²) in [5, 5.41) is 9.01. The van der Waals surface area contributed by atoms with Crippen LogP contribution in [0.3, 0.4) is 0 Å². The largest absolute Gasteiger partial charge is 0.479 e. The Morgan fingerprint density at radius 3 is 2.52 bits per heavy atom. The molecule has 0 aliphatic carbocycles. The number of carbonyl (C=O) groups excluding carboxylic acids is 2. The summed E-state index contributed by atoms with van der Waals surface area (Å²) >= 11 is 0. The van der Waals surface area contributed by atoms with Crippen LogP contribution in [0.15, 0.2) is 6.20 Å². The predicted molar refractivity (Wildman–Crippen MR) is 72.9 cm³/mol. The molecule has 0 atom stereocenters. The summed E-state index contributed by atoms with van der Waals surface area (Å²) in [6.45, 7) is 0.0228. The van der Waals surface area contributed by atoms with Crippen LogP contribution < -0.4 is 15.4 Å². The predicted octanol–water partition coefficient (Wildman–Crippen LogP) is -1.11. The number of aryl methyl sites for hydroxylation is 1. The molecule has 0 aromatic carbocycles. The maximum atomic E-state index is 11.9. The maximum absolute atomic E-state index is 11.9. The highest BCUT2D eigenvalue weighted by molar-refractivity contribution is 5.98. The first-order valence-corrected chi connectivity index (χ1v) is 6.20. The van der Waals surface area contributed by atoms with Gasteiger partial charge in [-0.25, -0.2) is 0 Å². The summed E-state index contributed by atoms with van der Waals surface area (Å²) in [5.41, 5.74) is 0.263. The van der Waals surface area contributed by atoms with E-state index in [0.29, 0.717) is 0 Å². The van der Waals surface area contributed by atoms with Crippen LogP contribution in [0.1, 0.15) is 10.4 Å². The highest BCUT2D eigenvalue weighted by Gasteiger charge is 2.17. The molecular formula is C12H20N4O5. The van der Waals surface area contributed by atoms with Gasteiger partial charge in [-0.05, 0) is 0 Å². The lowest BCUT2D eigenvalue weighted by molar-refractivity contribution is -0.126. The number of carbonyl (C=O) groups is 2. The van der Waals surface area contributed by atoms with Crippen molar-refractivity contribution in [2.45, 2.75) is 6.29 Å². The van der Waals surface area contributed by atoms with Gasteiger partial charge in [-0.2, -0.15) is 0 Å². The first-order chi connectivity index (χ1) is 10.0. The van der Waals surface area contributed by atoms with E-state index in [1.807, 2.05) is 0 Å². The zero-order valence-corrected chi connectivity index (χ0v) is 12.5. The molecule has 0 aliphatic rings. The van der Waals surface area contributed by atoms with E-state index in [0.717, 1.165) is 0 Å². The lowest BCUT2D eigenvalue weighted by atomic mass is 10.3. The smallest absolute Gasteiger partial charge is 0.258 e. The van der Waals surface area contributed by atoms with Crippen molar-refractivity contribution < 1.29 is 23.8 Å². The SMILES string of the molecule is COc1nn(C)cc1C(=O)NCC(=O)NCC(OC)OC. The van der Waals surface area contributed by atoms with E-state index < -0.39 is 12.2 Å². The van der Waals surface area contributed by atoms with Crippen LogP contribution in [0, 0.1) is 0 Å². The summed E-state index contributed by atoms with van der Waals surface area (Å²) in [6.07, 6.45) is 0.987. The molecule has 2 N–H and O–H groups in total. The van der Waals surface area contributed by atoms with Crippen molar-refractivity contribution in [3.05, 3.63) is 11.8 Å². The number of nitrogens with one attached hydrogen (secondary N) is 2. The quantitative estimate of drug-likeness (QED) is 0.590. The van der Waals surface area contributed by atoms with E-state index in [4.69, 9.17) is 14.2 Å². The third-order valence-electron chi connectivity index (χ3n) is 2.63. The fourth-order valence-corrected chi connectivity index (χ4v) is 1.55. The molecule has 9 nitrogen and oxygen atoms in total. The van der Waals surface area contributed by atoms with Gasteiger partial charge in [-0.3, -0.25) is 14.3 Å².